The number of nitrogens with one attached hydrogen (secondary N) is 1. The molecular formula is C18H29NO. The van der Waals surface area contributed by atoms with Crippen molar-refractivity contribution in [2.75, 3.05) is 6.61 Å². The summed E-state index contributed by atoms with van der Waals surface area (Å²) in [5.41, 5.74) is 3.92. The highest BCUT2D eigenvalue weighted by molar-refractivity contribution is 5.43. The molecule has 0 saturated heterocycles. The maximum atomic E-state index is 5.99. The molecule has 1 fully saturated rings. The molecular weight excluding hydrogens is 246 g/mol. The van der Waals surface area contributed by atoms with Crippen molar-refractivity contribution in [3.63, 3.8) is 0 Å². The molecule has 0 spiro atoms. The lowest BCUT2D eigenvalue weighted by molar-refractivity contribution is 0.301. The zero-order chi connectivity index (χ0) is 14.4. The van der Waals surface area contributed by atoms with Crippen molar-refractivity contribution in [2.24, 2.45) is 0 Å². The number of ether oxygens (including phenoxy) is 1. The lowest BCUT2D eigenvalue weighted by atomic mass is 10.1. The Hall–Kier alpha value is -1.02. The van der Waals surface area contributed by atoms with Gasteiger partial charge in [-0.15, -0.1) is 0 Å². The third-order valence-electron chi connectivity index (χ3n) is 3.94. The second kappa shape index (κ2) is 7.68. The molecule has 0 aromatic heterocycles. The Labute approximate surface area is 123 Å². The summed E-state index contributed by atoms with van der Waals surface area (Å²) in [5, 5.41) is 3.57. The van der Waals surface area contributed by atoms with Crippen LogP contribution in [0.25, 0.3) is 0 Å². The molecule has 0 atom stereocenters. The third-order valence-corrected chi connectivity index (χ3v) is 3.94. The van der Waals surface area contributed by atoms with Gasteiger partial charge in [0.05, 0.1) is 6.61 Å². The van der Waals surface area contributed by atoms with Gasteiger partial charge in [0.2, 0.25) is 0 Å². The van der Waals surface area contributed by atoms with E-state index in [1.807, 2.05) is 0 Å². The lowest BCUT2D eigenvalue weighted by Crippen LogP contribution is -2.15. The second-order valence-electron chi connectivity index (χ2n) is 6.12. The first-order valence-electron chi connectivity index (χ1n) is 8.17. The highest BCUT2D eigenvalue weighted by Gasteiger charge is 2.20. The van der Waals surface area contributed by atoms with Crippen LogP contribution in [-0.4, -0.2) is 12.6 Å². The van der Waals surface area contributed by atoms with Crippen molar-refractivity contribution >= 4 is 0 Å². The van der Waals surface area contributed by atoms with Crippen molar-refractivity contribution < 1.29 is 4.74 Å². The van der Waals surface area contributed by atoms with Gasteiger partial charge in [0.25, 0.3) is 0 Å². The second-order valence-corrected chi connectivity index (χ2v) is 6.12. The van der Waals surface area contributed by atoms with Crippen LogP contribution in [0.4, 0.5) is 0 Å². The number of aryl methyl sites for hydroxylation is 2. The van der Waals surface area contributed by atoms with E-state index in [9.17, 15) is 0 Å². The molecule has 112 valence electrons. The van der Waals surface area contributed by atoms with Gasteiger partial charge in [0.15, 0.2) is 0 Å². The van der Waals surface area contributed by atoms with Gasteiger partial charge in [-0.25, -0.2) is 0 Å². The summed E-state index contributed by atoms with van der Waals surface area (Å²) in [4.78, 5) is 0. The summed E-state index contributed by atoms with van der Waals surface area (Å²) in [6, 6.07) is 5.30. The molecule has 1 saturated carbocycles. The van der Waals surface area contributed by atoms with Crippen LogP contribution in [0.5, 0.6) is 5.75 Å². The summed E-state index contributed by atoms with van der Waals surface area (Å²) >= 11 is 0. The van der Waals surface area contributed by atoms with Crippen molar-refractivity contribution in [3.05, 3.63) is 28.8 Å². The van der Waals surface area contributed by atoms with Gasteiger partial charge in [0, 0.05) is 12.6 Å². The van der Waals surface area contributed by atoms with Gasteiger partial charge < -0.3 is 10.1 Å². The van der Waals surface area contributed by atoms with Crippen molar-refractivity contribution in [3.8, 4) is 5.75 Å². The average molecular weight is 275 g/mol. The number of rotatable bonds is 9. The average Bonchev–Trinajstić information content (AvgIpc) is 3.23. The zero-order valence-electron chi connectivity index (χ0n) is 13.3. The topological polar surface area (TPSA) is 21.3 Å². The molecule has 0 radical (unpaired) electrons. The largest absolute Gasteiger partial charge is 0.493 e. The molecule has 2 nitrogen and oxygen atoms in total. The molecule has 1 aliphatic rings. The maximum Gasteiger partial charge on any atom is 0.125 e. The molecule has 0 aliphatic heterocycles. The molecule has 0 amide bonds. The van der Waals surface area contributed by atoms with Crippen molar-refractivity contribution in [1.29, 1.82) is 0 Å². The molecule has 20 heavy (non-hydrogen) atoms. The minimum absolute atomic E-state index is 0.769. The highest BCUT2D eigenvalue weighted by Crippen LogP contribution is 2.26. The van der Waals surface area contributed by atoms with E-state index in [1.165, 1.54) is 48.8 Å². The van der Waals surface area contributed by atoms with Crippen LogP contribution in [0, 0.1) is 13.8 Å². The number of hydrogen-bond acceptors (Lipinski definition) is 2. The van der Waals surface area contributed by atoms with E-state index in [4.69, 9.17) is 4.74 Å². The summed E-state index contributed by atoms with van der Waals surface area (Å²) in [6.07, 6.45) is 7.72. The van der Waals surface area contributed by atoms with Crippen LogP contribution in [0.1, 0.15) is 62.1 Å². The van der Waals surface area contributed by atoms with Gasteiger partial charge in [-0.3, -0.25) is 0 Å². The van der Waals surface area contributed by atoms with E-state index in [2.05, 4.69) is 38.2 Å². The Morgan fingerprint density at radius 1 is 1.10 bits per heavy atom. The van der Waals surface area contributed by atoms with Gasteiger partial charge in [0.1, 0.15) is 5.75 Å². The fraction of sp³-hybridized carbons (Fsp3) is 0.667. The minimum atomic E-state index is 0.769. The van der Waals surface area contributed by atoms with Gasteiger partial charge in [-0.1, -0.05) is 38.3 Å². The molecule has 1 aromatic carbocycles. The minimum Gasteiger partial charge on any atom is -0.493 e. The molecule has 1 aliphatic carbocycles. The monoisotopic (exact) mass is 275 g/mol. The SMILES string of the molecule is CCCCCCOc1c(C)cc(CNC2CC2)cc1C. The predicted octanol–water partition coefficient (Wildman–Crippen LogP) is 4.51. The molecule has 0 unspecified atom stereocenters. The van der Waals surface area contributed by atoms with Crippen LogP contribution in [0.15, 0.2) is 12.1 Å². The summed E-state index contributed by atoms with van der Waals surface area (Å²) in [7, 11) is 0. The van der Waals surface area contributed by atoms with E-state index < -0.39 is 0 Å². The molecule has 2 rings (SSSR count). The zero-order valence-corrected chi connectivity index (χ0v) is 13.3. The van der Waals surface area contributed by atoms with Crippen LogP contribution in [0.2, 0.25) is 0 Å². The van der Waals surface area contributed by atoms with E-state index in [0.29, 0.717) is 0 Å². The van der Waals surface area contributed by atoms with Crippen molar-refractivity contribution in [2.45, 2.75) is 71.9 Å². The Balaban J connectivity index is 1.84. The first-order chi connectivity index (χ1) is 9.70. The molecule has 1 aromatic rings. The first-order valence-corrected chi connectivity index (χ1v) is 8.17. The lowest BCUT2D eigenvalue weighted by Gasteiger charge is -2.14. The van der Waals surface area contributed by atoms with Crippen molar-refractivity contribution in [1.82, 2.24) is 5.32 Å². The Morgan fingerprint density at radius 2 is 1.80 bits per heavy atom. The molecule has 2 heteroatoms. The van der Waals surface area contributed by atoms with Crippen LogP contribution >= 0.6 is 0 Å². The summed E-state index contributed by atoms with van der Waals surface area (Å²) in [5.74, 6) is 1.09. The van der Waals surface area contributed by atoms with E-state index in [0.717, 1.165) is 31.4 Å². The molecule has 0 bridgehead atoms. The quantitative estimate of drug-likeness (QED) is 0.669. The number of unbranched alkanes of at least 4 members (excludes halogenated alkanes) is 3. The van der Waals surface area contributed by atoms with Crippen LogP contribution in [-0.2, 0) is 6.54 Å². The number of hydrogen-bond donors (Lipinski definition) is 1. The Morgan fingerprint density at radius 3 is 2.40 bits per heavy atom. The van der Waals surface area contributed by atoms with E-state index >= 15 is 0 Å². The predicted molar refractivity (Wildman–Crippen MR) is 85.4 cm³/mol. The maximum absolute atomic E-state index is 5.99. The molecule has 1 N–H and O–H groups in total. The smallest absolute Gasteiger partial charge is 0.125 e. The van der Waals surface area contributed by atoms with Gasteiger partial charge >= 0.3 is 0 Å². The number of benzene rings is 1. The standard InChI is InChI=1S/C18H29NO/c1-4-5-6-7-10-20-18-14(2)11-16(12-15(18)3)13-19-17-8-9-17/h11-12,17,19H,4-10,13H2,1-3H3. The fourth-order valence-corrected chi connectivity index (χ4v) is 2.62. The van der Waals surface area contributed by atoms with Gasteiger partial charge in [-0.05, 0) is 49.8 Å². The van der Waals surface area contributed by atoms with Gasteiger partial charge in [-0.2, -0.15) is 0 Å². The van der Waals surface area contributed by atoms with E-state index in [1.54, 1.807) is 0 Å². The Bertz CT molecular complexity index is 400. The fourth-order valence-electron chi connectivity index (χ4n) is 2.62. The highest BCUT2D eigenvalue weighted by atomic mass is 16.5. The Kier molecular flexibility index (Phi) is 5.90. The van der Waals surface area contributed by atoms with Crippen LogP contribution < -0.4 is 10.1 Å². The van der Waals surface area contributed by atoms with E-state index in [-0.39, 0.29) is 0 Å². The summed E-state index contributed by atoms with van der Waals surface area (Å²) < 4.78 is 5.99. The first kappa shape index (κ1) is 15.4. The third kappa shape index (κ3) is 4.82. The van der Waals surface area contributed by atoms with Crippen LogP contribution in [0.3, 0.4) is 0 Å². The summed E-state index contributed by atoms with van der Waals surface area (Å²) in [6.45, 7) is 8.40. The molecule has 0 heterocycles. The normalized spacial score (nSPS) is 14.6.